The second-order valence-corrected chi connectivity index (χ2v) is 6.67. The molecule has 2 aromatic carbocycles. The van der Waals surface area contributed by atoms with E-state index in [1.54, 1.807) is 24.4 Å². The molecule has 0 radical (unpaired) electrons. The Labute approximate surface area is 171 Å². The average molecular weight is 456 g/mol. The molecule has 0 aliphatic carbocycles. The summed E-state index contributed by atoms with van der Waals surface area (Å²) in [5.41, 5.74) is 0.488. The van der Waals surface area contributed by atoms with Crippen LogP contribution in [-0.2, 0) is 0 Å². The fourth-order valence-electron chi connectivity index (χ4n) is 2.66. The molecule has 8 nitrogen and oxygen atoms in total. The Kier molecular flexibility index (Phi) is 5.00. The second-order valence-electron chi connectivity index (χ2n) is 5.81. The number of halogens is 2. The van der Waals surface area contributed by atoms with Gasteiger partial charge in [0.05, 0.1) is 4.92 Å². The molecule has 0 aliphatic rings. The summed E-state index contributed by atoms with van der Waals surface area (Å²) < 4.78 is 19.7. The molecule has 1 N–H and O–H groups in total. The molecule has 10 heteroatoms. The fraction of sp³-hybridized carbons (Fsp3) is 0. The molecule has 2 heterocycles. The van der Waals surface area contributed by atoms with Gasteiger partial charge in [0.15, 0.2) is 5.75 Å². The first kappa shape index (κ1) is 18.7. The average Bonchev–Trinajstić information content (AvgIpc) is 2.72. The number of hydrogen-bond acceptors (Lipinski definition) is 7. The first-order valence-electron chi connectivity index (χ1n) is 8.26. The number of fused-ring (bicyclic) bond motifs is 1. The topological polar surface area (TPSA) is 103 Å². The van der Waals surface area contributed by atoms with Crippen molar-refractivity contribution in [1.29, 1.82) is 0 Å². The van der Waals surface area contributed by atoms with E-state index in [0.717, 1.165) is 16.2 Å². The third-order valence-corrected chi connectivity index (χ3v) is 4.66. The number of benzene rings is 2. The number of rotatable bonds is 5. The lowest BCUT2D eigenvalue weighted by molar-refractivity contribution is -0.385. The molecule has 2 aromatic heterocycles. The predicted octanol–water partition coefficient (Wildman–Crippen LogP) is 5.37. The monoisotopic (exact) mass is 455 g/mol. The SMILES string of the molecule is O=[N+]([O-])c1c(Nc2ccc(F)cc2)ncnc1Oc1ccc(Br)c2cccnc12. The van der Waals surface area contributed by atoms with Gasteiger partial charge in [0.25, 0.3) is 0 Å². The molecule has 0 fully saturated rings. The van der Waals surface area contributed by atoms with E-state index in [0.29, 0.717) is 17.0 Å². The maximum atomic E-state index is 13.1. The standard InChI is InChI=1S/C19H11BrFN5O3/c20-14-7-8-15(16-13(14)2-1-9-22-16)29-19-17(26(27)28)18(23-10-24-19)25-12-5-3-11(21)4-6-12/h1-10H,(H,23,24,25). The van der Waals surface area contributed by atoms with Crippen molar-refractivity contribution in [2.24, 2.45) is 0 Å². The van der Waals surface area contributed by atoms with Gasteiger partial charge < -0.3 is 10.1 Å². The lowest BCUT2D eigenvalue weighted by Crippen LogP contribution is -2.04. The van der Waals surface area contributed by atoms with Crippen molar-refractivity contribution in [3.63, 3.8) is 0 Å². The number of hydrogen-bond donors (Lipinski definition) is 1. The van der Waals surface area contributed by atoms with Gasteiger partial charge in [-0.25, -0.2) is 9.37 Å². The summed E-state index contributed by atoms with van der Waals surface area (Å²) in [4.78, 5) is 23.2. The first-order chi connectivity index (χ1) is 14.0. The van der Waals surface area contributed by atoms with E-state index < -0.39 is 16.4 Å². The summed E-state index contributed by atoms with van der Waals surface area (Å²) in [5.74, 6) is -0.449. The fourth-order valence-corrected chi connectivity index (χ4v) is 3.11. The van der Waals surface area contributed by atoms with Crippen LogP contribution in [-0.4, -0.2) is 19.9 Å². The molecule has 0 saturated heterocycles. The Hall–Kier alpha value is -3.66. The van der Waals surface area contributed by atoms with Crippen LogP contribution in [0.25, 0.3) is 10.9 Å². The van der Waals surface area contributed by atoms with Gasteiger partial charge >= 0.3 is 11.6 Å². The van der Waals surface area contributed by atoms with Crippen molar-refractivity contribution < 1.29 is 14.1 Å². The summed E-state index contributed by atoms with van der Waals surface area (Å²) in [5, 5.41) is 15.3. The number of pyridine rings is 1. The molecule has 0 spiro atoms. The first-order valence-corrected chi connectivity index (χ1v) is 9.05. The molecule has 0 amide bonds. The number of anilines is 2. The number of nitrogens with one attached hydrogen (secondary N) is 1. The molecule has 29 heavy (non-hydrogen) atoms. The van der Waals surface area contributed by atoms with Crippen LogP contribution in [0.3, 0.4) is 0 Å². The number of ether oxygens (including phenoxy) is 1. The van der Waals surface area contributed by atoms with E-state index in [9.17, 15) is 14.5 Å². The highest BCUT2D eigenvalue weighted by Crippen LogP contribution is 2.38. The Morgan fingerprint density at radius 3 is 2.62 bits per heavy atom. The molecule has 4 rings (SSSR count). The van der Waals surface area contributed by atoms with E-state index in [2.05, 4.69) is 36.2 Å². The largest absolute Gasteiger partial charge is 0.431 e. The van der Waals surface area contributed by atoms with E-state index in [-0.39, 0.29) is 11.7 Å². The lowest BCUT2D eigenvalue weighted by atomic mass is 10.2. The normalized spacial score (nSPS) is 10.7. The summed E-state index contributed by atoms with van der Waals surface area (Å²) >= 11 is 3.44. The van der Waals surface area contributed by atoms with Gasteiger partial charge in [-0.05, 0) is 42.5 Å². The number of nitrogens with zero attached hydrogens (tertiary/aromatic N) is 4. The Balaban J connectivity index is 1.76. The van der Waals surface area contributed by atoms with Gasteiger partial charge in [-0.2, -0.15) is 4.98 Å². The zero-order valence-corrected chi connectivity index (χ0v) is 16.1. The van der Waals surface area contributed by atoms with Crippen LogP contribution < -0.4 is 10.1 Å². The predicted molar refractivity (Wildman–Crippen MR) is 108 cm³/mol. The van der Waals surface area contributed by atoms with E-state index in [1.165, 1.54) is 24.3 Å². The van der Waals surface area contributed by atoms with Crippen LogP contribution in [0.1, 0.15) is 0 Å². The number of aromatic nitrogens is 3. The van der Waals surface area contributed by atoms with Crippen molar-refractivity contribution >= 4 is 44.0 Å². The summed E-state index contributed by atoms with van der Waals surface area (Å²) in [7, 11) is 0. The smallest absolute Gasteiger partial charge is 0.373 e. The third-order valence-electron chi connectivity index (χ3n) is 3.96. The van der Waals surface area contributed by atoms with Gasteiger partial charge in [-0.3, -0.25) is 15.1 Å². The van der Waals surface area contributed by atoms with Crippen molar-refractivity contribution in [2.45, 2.75) is 0 Å². The molecule has 144 valence electrons. The molecular formula is C19H11BrFN5O3. The summed E-state index contributed by atoms with van der Waals surface area (Å²) in [6, 6.07) is 12.3. The van der Waals surface area contributed by atoms with E-state index >= 15 is 0 Å². The van der Waals surface area contributed by atoms with Crippen LogP contribution in [0.4, 0.5) is 21.6 Å². The van der Waals surface area contributed by atoms with E-state index in [4.69, 9.17) is 4.74 Å². The van der Waals surface area contributed by atoms with Gasteiger partial charge in [0.2, 0.25) is 5.82 Å². The highest BCUT2D eigenvalue weighted by Gasteiger charge is 2.26. The highest BCUT2D eigenvalue weighted by molar-refractivity contribution is 9.10. The quantitative estimate of drug-likeness (QED) is 0.318. The van der Waals surface area contributed by atoms with Crippen molar-refractivity contribution in [3.8, 4) is 11.6 Å². The summed E-state index contributed by atoms with van der Waals surface area (Å²) in [6.45, 7) is 0. The summed E-state index contributed by atoms with van der Waals surface area (Å²) in [6.07, 6.45) is 2.74. The van der Waals surface area contributed by atoms with Crippen molar-refractivity contribution in [1.82, 2.24) is 15.0 Å². The Bertz CT molecular complexity index is 1220. The molecule has 0 saturated carbocycles. The third kappa shape index (κ3) is 3.83. The second kappa shape index (κ2) is 7.76. The zero-order valence-electron chi connectivity index (χ0n) is 14.5. The van der Waals surface area contributed by atoms with Crippen molar-refractivity contribution in [2.75, 3.05) is 5.32 Å². The van der Waals surface area contributed by atoms with Crippen LogP contribution in [0, 0.1) is 15.9 Å². The maximum absolute atomic E-state index is 13.1. The Morgan fingerprint density at radius 1 is 1.07 bits per heavy atom. The molecule has 0 atom stereocenters. The Morgan fingerprint density at radius 2 is 1.86 bits per heavy atom. The van der Waals surface area contributed by atoms with Gasteiger partial charge in [-0.15, -0.1) is 0 Å². The minimum Gasteiger partial charge on any atom is -0.431 e. The highest BCUT2D eigenvalue weighted by atomic mass is 79.9. The van der Waals surface area contributed by atoms with Gasteiger partial charge in [0, 0.05) is 21.7 Å². The van der Waals surface area contributed by atoms with E-state index in [1.807, 2.05) is 6.07 Å². The van der Waals surface area contributed by atoms with Gasteiger partial charge in [-0.1, -0.05) is 22.0 Å². The van der Waals surface area contributed by atoms with Crippen molar-refractivity contribution in [3.05, 3.63) is 81.5 Å². The molecule has 0 aliphatic heterocycles. The molecule has 0 unspecified atom stereocenters. The van der Waals surface area contributed by atoms with Crippen LogP contribution in [0.5, 0.6) is 11.6 Å². The van der Waals surface area contributed by atoms with Gasteiger partial charge in [0.1, 0.15) is 17.7 Å². The zero-order chi connectivity index (χ0) is 20.4. The van der Waals surface area contributed by atoms with Crippen LogP contribution in [0.15, 0.2) is 65.5 Å². The lowest BCUT2D eigenvalue weighted by Gasteiger charge is -2.11. The molecular weight excluding hydrogens is 445 g/mol. The van der Waals surface area contributed by atoms with Crippen LogP contribution in [0.2, 0.25) is 0 Å². The number of nitro groups is 1. The minimum absolute atomic E-state index is 0.0824. The molecule has 0 bridgehead atoms. The maximum Gasteiger partial charge on any atom is 0.373 e. The minimum atomic E-state index is -0.643. The molecule has 4 aromatic rings. The van der Waals surface area contributed by atoms with Crippen LogP contribution >= 0.6 is 15.9 Å².